The number of pyridine rings is 1. The van der Waals surface area contributed by atoms with E-state index in [2.05, 4.69) is 31.3 Å². The van der Waals surface area contributed by atoms with E-state index in [0.717, 1.165) is 27.4 Å². The van der Waals surface area contributed by atoms with Gasteiger partial charge in [0.25, 0.3) is 0 Å². The van der Waals surface area contributed by atoms with Gasteiger partial charge in [0.15, 0.2) is 5.69 Å². The third kappa shape index (κ3) is 2.62. The number of aromatic amines is 1. The van der Waals surface area contributed by atoms with Crippen molar-refractivity contribution in [1.29, 1.82) is 0 Å². The van der Waals surface area contributed by atoms with Crippen LogP contribution < -0.4 is 5.73 Å². The molecule has 0 atom stereocenters. The third-order valence-electron chi connectivity index (χ3n) is 3.97. The molecule has 0 amide bonds. The molecule has 1 aromatic carbocycles. The zero-order valence-electron chi connectivity index (χ0n) is 12.3. The number of aromatic nitrogens is 4. The topological polar surface area (TPSA) is 84.8 Å². The van der Waals surface area contributed by atoms with Crippen molar-refractivity contribution in [3.63, 3.8) is 0 Å². The maximum atomic E-state index is 7.42. The molecule has 0 saturated heterocycles. The molecule has 2 heterocycles. The van der Waals surface area contributed by atoms with E-state index in [4.69, 9.17) is 12.3 Å². The molecule has 1 fully saturated rings. The Bertz CT molecular complexity index is 922. The number of hydrogen-bond donors (Lipinski definition) is 2. The van der Waals surface area contributed by atoms with Crippen LogP contribution in [0.15, 0.2) is 29.2 Å². The highest BCUT2D eigenvalue weighted by molar-refractivity contribution is 7.98. The van der Waals surface area contributed by atoms with Gasteiger partial charge in [0, 0.05) is 10.6 Å². The van der Waals surface area contributed by atoms with Gasteiger partial charge in [0.1, 0.15) is 11.3 Å². The number of nitrogens with two attached hydrogens (primary N) is 1. The molecule has 3 N–H and O–H groups in total. The minimum atomic E-state index is 0.426. The highest BCUT2D eigenvalue weighted by Gasteiger charge is 2.27. The van der Waals surface area contributed by atoms with Gasteiger partial charge in [-0.15, -0.1) is 16.9 Å². The van der Waals surface area contributed by atoms with Crippen LogP contribution in [-0.2, 0) is 5.75 Å². The lowest BCUT2D eigenvalue weighted by Crippen LogP contribution is -1.94. The summed E-state index contributed by atoms with van der Waals surface area (Å²) >= 11 is 1.62. The molecule has 114 valence electrons. The SMILES string of the molecule is [C-]#[N+]c1cccc(C2CC2)c1CSc1cc(N)nc2n[nH]nc12. The summed E-state index contributed by atoms with van der Waals surface area (Å²) in [5.74, 6) is 1.76. The van der Waals surface area contributed by atoms with Crippen LogP contribution in [0.1, 0.15) is 29.9 Å². The van der Waals surface area contributed by atoms with Crippen LogP contribution in [0.5, 0.6) is 0 Å². The summed E-state index contributed by atoms with van der Waals surface area (Å²) in [6.45, 7) is 7.42. The number of nitrogens with zero attached hydrogens (tertiary/aromatic N) is 4. The highest BCUT2D eigenvalue weighted by atomic mass is 32.2. The molecule has 2 aromatic heterocycles. The van der Waals surface area contributed by atoms with Crippen LogP contribution in [0.25, 0.3) is 16.0 Å². The smallest absolute Gasteiger partial charge is 0.204 e. The first-order chi connectivity index (χ1) is 11.3. The van der Waals surface area contributed by atoms with E-state index in [-0.39, 0.29) is 0 Å². The van der Waals surface area contributed by atoms with Crippen LogP contribution in [0.3, 0.4) is 0 Å². The number of fused-ring (bicyclic) bond motifs is 1. The van der Waals surface area contributed by atoms with E-state index >= 15 is 0 Å². The first-order valence-electron chi connectivity index (χ1n) is 7.35. The van der Waals surface area contributed by atoms with Gasteiger partial charge >= 0.3 is 0 Å². The number of benzene rings is 1. The van der Waals surface area contributed by atoms with Gasteiger partial charge in [0.2, 0.25) is 5.65 Å². The Morgan fingerprint density at radius 2 is 2.22 bits per heavy atom. The van der Waals surface area contributed by atoms with Gasteiger partial charge in [-0.3, -0.25) is 0 Å². The summed E-state index contributed by atoms with van der Waals surface area (Å²) in [6, 6.07) is 7.83. The molecular weight excluding hydrogens is 308 g/mol. The Morgan fingerprint density at radius 1 is 1.35 bits per heavy atom. The average Bonchev–Trinajstić information content (AvgIpc) is 3.30. The van der Waals surface area contributed by atoms with Gasteiger partial charge in [-0.05, 0) is 30.4 Å². The van der Waals surface area contributed by atoms with Crippen molar-refractivity contribution in [3.8, 4) is 0 Å². The fraction of sp³-hybridized carbons (Fsp3) is 0.250. The molecule has 0 aliphatic heterocycles. The maximum Gasteiger partial charge on any atom is 0.204 e. The van der Waals surface area contributed by atoms with Gasteiger partial charge in [-0.25, -0.2) is 9.83 Å². The summed E-state index contributed by atoms with van der Waals surface area (Å²) in [7, 11) is 0. The first kappa shape index (κ1) is 14.0. The number of anilines is 1. The molecule has 1 aliphatic rings. The highest BCUT2D eigenvalue weighted by Crippen LogP contribution is 2.45. The van der Waals surface area contributed by atoms with E-state index in [9.17, 15) is 0 Å². The molecule has 3 aromatic rings. The van der Waals surface area contributed by atoms with Crippen LogP contribution in [0.4, 0.5) is 11.5 Å². The Kier molecular flexibility index (Phi) is 3.39. The van der Waals surface area contributed by atoms with Gasteiger partial charge in [-0.1, -0.05) is 23.8 Å². The normalized spacial score (nSPS) is 14.0. The summed E-state index contributed by atoms with van der Waals surface area (Å²) in [5.41, 5.74) is 10.3. The molecule has 23 heavy (non-hydrogen) atoms. The third-order valence-corrected chi connectivity index (χ3v) is 5.03. The number of rotatable bonds is 4. The van der Waals surface area contributed by atoms with Crippen molar-refractivity contribution in [2.45, 2.75) is 29.4 Å². The second-order valence-electron chi connectivity index (χ2n) is 5.56. The number of H-pyrrole nitrogens is 1. The largest absolute Gasteiger partial charge is 0.384 e. The predicted molar refractivity (Wildman–Crippen MR) is 90.3 cm³/mol. The van der Waals surface area contributed by atoms with Crippen LogP contribution in [0, 0.1) is 6.57 Å². The van der Waals surface area contributed by atoms with Crippen molar-refractivity contribution < 1.29 is 0 Å². The van der Waals surface area contributed by atoms with Crippen LogP contribution in [-0.4, -0.2) is 20.4 Å². The van der Waals surface area contributed by atoms with Crippen LogP contribution in [0.2, 0.25) is 0 Å². The molecule has 1 aliphatic carbocycles. The monoisotopic (exact) mass is 322 g/mol. The van der Waals surface area contributed by atoms with Crippen molar-refractivity contribution in [2.75, 3.05) is 5.73 Å². The van der Waals surface area contributed by atoms with Crippen molar-refractivity contribution >= 4 is 34.4 Å². The maximum absolute atomic E-state index is 7.42. The van der Waals surface area contributed by atoms with Crippen molar-refractivity contribution in [1.82, 2.24) is 20.4 Å². The summed E-state index contributed by atoms with van der Waals surface area (Å²) < 4.78 is 0. The second-order valence-corrected chi connectivity index (χ2v) is 6.58. The lowest BCUT2D eigenvalue weighted by molar-refractivity contribution is 0.953. The van der Waals surface area contributed by atoms with E-state index in [1.807, 2.05) is 18.2 Å². The number of nitrogens with one attached hydrogen (secondary N) is 1. The summed E-state index contributed by atoms with van der Waals surface area (Å²) in [4.78, 5) is 8.77. The molecule has 7 heteroatoms. The Hall–Kier alpha value is -2.59. The van der Waals surface area contributed by atoms with Crippen molar-refractivity contribution in [3.05, 3.63) is 46.8 Å². The standard InChI is InChI=1S/C16H14N6S/c1-18-12-4-2-3-10(9-5-6-9)11(12)8-23-13-7-14(17)19-16-15(13)20-22-21-16/h2-4,7,9H,5-6,8H2,(H3,17,19,20,21,22). The Morgan fingerprint density at radius 3 is 3.00 bits per heavy atom. The molecule has 0 bridgehead atoms. The fourth-order valence-corrected chi connectivity index (χ4v) is 3.81. The lowest BCUT2D eigenvalue weighted by atomic mass is 10.0. The van der Waals surface area contributed by atoms with Gasteiger partial charge in [-0.2, -0.15) is 10.3 Å². The number of thioether (sulfide) groups is 1. The Labute approximate surface area is 137 Å². The molecule has 1 saturated carbocycles. The zero-order valence-corrected chi connectivity index (χ0v) is 13.1. The van der Waals surface area contributed by atoms with E-state index in [0.29, 0.717) is 17.4 Å². The van der Waals surface area contributed by atoms with E-state index < -0.39 is 0 Å². The zero-order chi connectivity index (χ0) is 15.8. The first-order valence-corrected chi connectivity index (χ1v) is 8.34. The fourth-order valence-electron chi connectivity index (χ4n) is 2.72. The molecule has 0 unspecified atom stereocenters. The molecular formula is C16H14N6S. The molecule has 4 rings (SSSR count). The summed E-state index contributed by atoms with van der Waals surface area (Å²) in [5, 5.41) is 10.7. The molecule has 0 radical (unpaired) electrons. The van der Waals surface area contributed by atoms with Gasteiger partial charge in [0.05, 0.1) is 6.57 Å². The second kappa shape index (κ2) is 5.56. The van der Waals surface area contributed by atoms with Gasteiger partial charge < -0.3 is 5.73 Å². The molecule has 0 spiro atoms. The number of hydrogen-bond acceptors (Lipinski definition) is 5. The minimum absolute atomic E-state index is 0.426. The quantitative estimate of drug-likeness (QED) is 0.565. The molecule has 6 nitrogen and oxygen atoms in total. The van der Waals surface area contributed by atoms with Crippen LogP contribution >= 0.6 is 11.8 Å². The van der Waals surface area contributed by atoms with E-state index in [1.54, 1.807) is 11.8 Å². The van der Waals surface area contributed by atoms with Crippen molar-refractivity contribution in [2.24, 2.45) is 0 Å². The average molecular weight is 322 g/mol. The lowest BCUT2D eigenvalue weighted by Gasteiger charge is -2.11. The predicted octanol–water partition coefficient (Wildman–Crippen LogP) is 3.66. The minimum Gasteiger partial charge on any atom is -0.384 e. The Balaban J connectivity index is 1.69. The van der Waals surface area contributed by atoms with E-state index in [1.165, 1.54) is 18.4 Å². The summed E-state index contributed by atoms with van der Waals surface area (Å²) in [6.07, 6.45) is 2.43. The number of nitrogen functional groups attached to an aromatic ring is 1.